The first-order chi connectivity index (χ1) is 17.1. The second-order valence-electron chi connectivity index (χ2n) is 7.95. The van der Waals surface area contributed by atoms with E-state index in [1.54, 1.807) is 47.1 Å². The molecule has 0 spiro atoms. The summed E-state index contributed by atoms with van der Waals surface area (Å²) in [6, 6.07) is 25.1. The predicted molar refractivity (Wildman–Crippen MR) is 128 cm³/mol. The number of rotatable bonds is 6. The van der Waals surface area contributed by atoms with Crippen molar-refractivity contribution in [3.05, 3.63) is 95.7 Å². The summed E-state index contributed by atoms with van der Waals surface area (Å²) in [7, 11) is 0. The molecule has 0 aliphatic carbocycles. The number of Topliss-reactive ketones (excluding diaryl/α,β-unsaturated/α-hetero) is 1. The Morgan fingerprint density at radius 1 is 1.06 bits per heavy atom. The molecule has 4 aromatic rings. The first-order valence-electron chi connectivity index (χ1n) is 11.0. The van der Waals surface area contributed by atoms with Crippen molar-refractivity contribution in [2.45, 2.75) is 13.2 Å². The highest BCUT2D eigenvalue weighted by molar-refractivity contribution is 6.15. The Labute approximate surface area is 201 Å². The minimum atomic E-state index is -1.59. The number of aliphatic hydroxyl groups is 1. The molecule has 8 heteroatoms. The van der Waals surface area contributed by atoms with Crippen molar-refractivity contribution in [2.24, 2.45) is 5.92 Å². The summed E-state index contributed by atoms with van der Waals surface area (Å²) >= 11 is 0. The minimum absolute atomic E-state index is 0.00123. The standard InChI is InChI=1S/C27H20N4O4/c28-14-21(27(34)29-18-9-3-1-4-10-18)25(33)23-22-16-35-26-17(15-32)8-7-13-20(26)24(22)31(30-23)19-11-5-2-6-12-19/h1-13,21,32H,15-16H2,(H,29,34). The van der Waals surface area contributed by atoms with Crippen molar-refractivity contribution in [2.75, 3.05) is 5.32 Å². The summed E-state index contributed by atoms with van der Waals surface area (Å²) in [5.74, 6) is -2.52. The zero-order valence-electron chi connectivity index (χ0n) is 18.5. The summed E-state index contributed by atoms with van der Waals surface area (Å²) in [6.45, 7) is -0.203. The van der Waals surface area contributed by atoms with Gasteiger partial charge >= 0.3 is 0 Å². The Bertz CT molecular complexity index is 1460. The Hall–Kier alpha value is -4.74. The number of ether oxygens (including phenoxy) is 1. The Morgan fingerprint density at radius 2 is 1.77 bits per heavy atom. The van der Waals surface area contributed by atoms with Crippen LogP contribution in [-0.2, 0) is 18.0 Å². The first kappa shape index (κ1) is 22.1. The Kier molecular flexibility index (Phi) is 5.83. The smallest absolute Gasteiger partial charge is 0.249 e. The fraction of sp³-hybridized carbons (Fsp3) is 0.111. The summed E-state index contributed by atoms with van der Waals surface area (Å²) in [4.78, 5) is 26.3. The van der Waals surface area contributed by atoms with E-state index >= 15 is 0 Å². The molecule has 8 nitrogen and oxygen atoms in total. The van der Waals surface area contributed by atoms with Crippen LogP contribution in [0.1, 0.15) is 21.6 Å². The topological polar surface area (TPSA) is 117 Å². The van der Waals surface area contributed by atoms with E-state index in [1.165, 1.54) is 0 Å². The number of hydrogen-bond donors (Lipinski definition) is 2. The van der Waals surface area contributed by atoms with Gasteiger partial charge in [0, 0.05) is 22.4 Å². The average Bonchev–Trinajstić information content (AvgIpc) is 3.30. The van der Waals surface area contributed by atoms with Crippen LogP contribution in [0.25, 0.3) is 16.9 Å². The number of anilines is 1. The van der Waals surface area contributed by atoms with Crippen LogP contribution in [0.4, 0.5) is 5.69 Å². The molecule has 3 aromatic carbocycles. The third-order valence-electron chi connectivity index (χ3n) is 5.80. The lowest BCUT2D eigenvalue weighted by atomic mass is 9.95. The van der Waals surface area contributed by atoms with Gasteiger partial charge in [-0.05, 0) is 30.3 Å². The number of nitriles is 1. The highest BCUT2D eigenvalue weighted by Crippen LogP contribution is 2.42. The first-order valence-corrected chi connectivity index (χ1v) is 11.0. The van der Waals surface area contributed by atoms with Crippen LogP contribution in [0.15, 0.2) is 78.9 Å². The molecule has 2 heterocycles. The third-order valence-corrected chi connectivity index (χ3v) is 5.80. The number of carbonyl (C=O) groups excluding carboxylic acids is 2. The number of carbonyl (C=O) groups is 2. The molecule has 1 amide bonds. The number of nitrogens with zero attached hydrogens (tertiary/aromatic N) is 3. The molecule has 1 aliphatic rings. The predicted octanol–water partition coefficient (Wildman–Crippen LogP) is 3.89. The number of para-hydroxylation sites is 3. The number of benzene rings is 3. The van der Waals surface area contributed by atoms with Gasteiger partial charge in [0.1, 0.15) is 18.1 Å². The summed E-state index contributed by atoms with van der Waals surface area (Å²) in [5, 5.41) is 26.7. The maximum Gasteiger partial charge on any atom is 0.249 e. The van der Waals surface area contributed by atoms with E-state index in [2.05, 4.69) is 10.4 Å². The van der Waals surface area contributed by atoms with Crippen LogP contribution < -0.4 is 10.1 Å². The maximum absolute atomic E-state index is 13.5. The molecule has 0 bridgehead atoms. The van der Waals surface area contributed by atoms with E-state index in [9.17, 15) is 20.0 Å². The number of ketones is 1. The van der Waals surface area contributed by atoms with Gasteiger partial charge in [-0.2, -0.15) is 10.4 Å². The van der Waals surface area contributed by atoms with Gasteiger partial charge in [-0.25, -0.2) is 4.68 Å². The molecule has 2 N–H and O–H groups in total. The zero-order valence-corrected chi connectivity index (χ0v) is 18.5. The monoisotopic (exact) mass is 464 g/mol. The number of amides is 1. The van der Waals surface area contributed by atoms with Crippen molar-refractivity contribution >= 4 is 17.4 Å². The van der Waals surface area contributed by atoms with E-state index in [0.717, 1.165) is 0 Å². The van der Waals surface area contributed by atoms with Crippen LogP contribution in [0, 0.1) is 17.2 Å². The maximum atomic E-state index is 13.5. The summed E-state index contributed by atoms with van der Waals surface area (Å²) in [6.07, 6.45) is 0. The molecular weight excluding hydrogens is 444 g/mol. The highest BCUT2D eigenvalue weighted by atomic mass is 16.5. The second-order valence-corrected chi connectivity index (χ2v) is 7.95. The van der Waals surface area contributed by atoms with Gasteiger partial charge in [0.25, 0.3) is 0 Å². The van der Waals surface area contributed by atoms with Crippen LogP contribution in [0.5, 0.6) is 5.75 Å². The van der Waals surface area contributed by atoms with Crippen LogP contribution in [0.3, 0.4) is 0 Å². The normalized spacial score (nSPS) is 12.5. The molecule has 35 heavy (non-hydrogen) atoms. The summed E-state index contributed by atoms with van der Waals surface area (Å²) < 4.78 is 7.55. The van der Waals surface area contributed by atoms with E-state index in [4.69, 9.17) is 4.74 Å². The molecule has 0 radical (unpaired) electrons. The van der Waals surface area contributed by atoms with Crippen LogP contribution in [0.2, 0.25) is 0 Å². The van der Waals surface area contributed by atoms with E-state index in [0.29, 0.717) is 39.5 Å². The van der Waals surface area contributed by atoms with Crippen molar-refractivity contribution in [3.63, 3.8) is 0 Å². The van der Waals surface area contributed by atoms with Gasteiger partial charge in [0.15, 0.2) is 5.92 Å². The van der Waals surface area contributed by atoms with Gasteiger partial charge in [0.2, 0.25) is 11.7 Å². The Balaban J connectivity index is 1.61. The lowest BCUT2D eigenvalue weighted by Crippen LogP contribution is -2.29. The van der Waals surface area contributed by atoms with Gasteiger partial charge < -0.3 is 15.2 Å². The quantitative estimate of drug-likeness (QED) is 0.330. The van der Waals surface area contributed by atoms with Gasteiger partial charge in [0.05, 0.1) is 24.1 Å². The SMILES string of the molecule is N#CC(C(=O)Nc1ccccc1)C(=O)c1nn(-c2ccccc2)c2c1COc1c(CO)cccc1-2. The fourth-order valence-electron chi connectivity index (χ4n) is 4.14. The molecule has 0 saturated heterocycles. The molecule has 0 saturated carbocycles. The lowest BCUT2D eigenvalue weighted by molar-refractivity contribution is -0.117. The molecule has 172 valence electrons. The van der Waals surface area contributed by atoms with E-state index in [1.807, 2.05) is 42.5 Å². The van der Waals surface area contributed by atoms with Crippen LogP contribution in [-0.4, -0.2) is 26.6 Å². The molecule has 0 fully saturated rings. The third kappa shape index (κ3) is 3.94. The van der Waals surface area contributed by atoms with Crippen LogP contribution >= 0.6 is 0 Å². The number of hydrogen-bond acceptors (Lipinski definition) is 6. The number of fused-ring (bicyclic) bond motifs is 3. The highest BCUT2D eigenvalue weighted by Gasteiger charge is 2.36. The largest absolute Gasteiger partial charge is 0.488 e. The average molecular weight is 464 g/mol. The van der Waals surface area contributed by atoms with Crippen molar-refractivity contribution < 1.29 is 19.4 Å². The molecule has 1 unspecified atom stereocenters. The number of aliphatic hydroxyl groups excluding tert-OH is 1. The number of nitrogens with one attached hydrogen (secondary N) is 1. The molecule has 1 atom stereocenters. The second kappa shape index (κ2) is 9.25. The molecule has 1 aromatic heterocycles. The van der Waals surface area contributed by atoms with Gasteiger partial charge in [-0.3, -0.25) is 9.59 Å². The van der Waals surface area contributed by atoms with Crippen molar-refractivity contribution in [3.8, 4) is 28.8 Å². The molecule has 1 aliphatic heterocycles. The van der Waals surface area contributed by atoms with E-state index in [-0.39, 0.29) is 18.9 Å². The van der Waals surface area contributed by atoms with Gasteiger partial charge in [-0.15, -0.1) is 0 Å². The van der Waals surface area contributed by atoms with Gasteiger partial charge in [-0.1, -0.05) is 48.5 Å². The minimum Gasteiger partial charge on any atom is -0.488 e. The summed E-state index contributed by atoms with van der Waals surface area (Å²) in [5.41, 5.74) is 3.56. The lowest BCUT2D eigenvalue weighted by Gasteiger charge is -2.22. The van der Waals surface area contributed by atoms with Crippen molar-refractivity contribution in [1.82, 2.24) is 9.78 Å². The number of aromatic nitrogens is 2. The Morgan fingerprint density at radius 3 is 2.46 bits per heavy atom. The molecule has 5 rings (SSSR count). The fourth-order valence-corrected chi connectivity index (χ4v) is 4.14. The van der Waals surface area contributed by atoms with Crippen molar-refractivity contribution in [1.29, 1.82) is 5.26 Å². The zero-order chi connectivity index (χ0) is 24.4. The molecular formula is C27H20N4O4. The van der Waals surface area contributed by atoms with E-state index < -0.39 is 17.6 Å².